The standard InChI is InChI=1S/C21H25N9O5S2/c1-11-7-22-17(23-8-11)16(33-4)12(2)37(31,32)29-21-28-27-18(14-9-36-13(3)26-14)30(21)15-19(34-5)24-10-25-20(15)35-6/h7-10,12,16H,1-6H3,(H,28,29). The third-order valence-corrected chi connectivity index (χ3v) is 7.80. The Morgan fingerprint density at radius 1 is 1.00 bits per heavy atom. The second-order valence-corrected chi connectivity index (χ2v) is 10.9. The van der Waals surface area contributed by atoms with Gasteiger partial charge in [0.1, 0.15) is 23.4 Å². The molecule has 0 amide bonds. The lowest BCUT2D eigenvalue weighted by molar-refractivity contribution is 0.0949. The number of hydrogen-bond acceptors (Lipinski definition) is 13. The minimum atomic E-state index is -4.13. The molecular formula is C21H25N9O5S2. The van der Waals surface area contributed by atoms with Gasteiger partial charge in [-0.15, -0.1) is 21.5 Å². The number of methoxy groups -OCH3 is 3. The molecule has 0 fully saturated rings. The van der Waals surface area contributed by atoms with Crippen LogP contribution in [0.25, 0.3) is 17.2 Å². The molecule has 0 aliphatic carbocycles. The number of aryl methyl sites for hydroxylation is 2. The molecule has 16 heteroatoms. The van der Waals surface area contributed by atoms with Gasteiger partial charge in [-0.05, 0) is 26.3 Å². The third-order valence-electron chi connectivity index (χ3n) is 5.34. The van der Waals surface area contributed by atoms with Gasteiger partial charge in [-0.3, -0.25) is 4.72 Å². The number of hydrogen-bond donors (Lipinski definition) is 1. The summed E-state index contributed by atoms with van der Waals surface area (Å²) in [5.74, 6) is 0.517. The molecule has 4 aromatic heterocycles. The molecule has 2 unspecified atom stereocenters. The van der Waals surface area contributed by atoms with Crippen LogP contribution >= 0.6 is 11.3 Å². The molecule has 4 aromatic rings. The summed E-state index contributed by atoms with van der Waals surface area (Å²) < 4.78 is 47.3. The second-order valence-electron chi connectivity index (χ2n) is 7.80. The first kappa shape index (κ1) is 26.3. The zero-order valence-corrected chi connectivity index (χ0v) is 22.5. The van der Waals surface area contributed by atoms with Gasteiger partial charge in [-0.25, -0.2) is 27.9 Å². The molecule has 4 rings (SSSR count). The van der Waals surface area contributed by atoms with Crippen molar-refractivity contribution in [2.75, 3.05) is 26.1 Å². The van der Waals surface area contributed by atoms with Gasteiger partial charge in [0.15, 0.2) is 17.3 Å². The van der Waals surface area contributed by atoms with E-state index in [0.29, 0.717) is 5.69 Å². The van der Waals surface area contributed by atoms with Gasteiger partial charge in [0.05, 0.1) is 19.2 Å². The van der Waals surface area contributed by atoms with Gasteiger partial charge >= 0.3 is 0 Å². The highest BCUT2D eigenvalue weighted by Gasteiger charge is 2.35. The zero-order chi connectivity index (χ0) is 26.7. The highest BCUT2D eigenvalue weighted by molar-refractivity contribution is 7.93. The number of sulfonamides is 1. The normalized spacial score (nSPS) is 13.2. The molecule has 196 valence electrons. The minimum Gasteiger partial charge on any atom is -0.479 e. The lowest BCUT2D eigenvalue weighted by Gasteiger charge is -2.22. The molecule has 4 heterocycles. The number of thiazole rings is 1. The number of nitrogens with zero attached hydrogens (tertiary/aromatic N) is 8. The molecule has 0 aliphatic heterocycles. The Kier molecular flexibility index (Phi) is 7.60. The van der Waals surface area contributed by atoms with Crippen LogP contribution in [0.1, 0.15) is 29.4 Å². The summed E-state index contributed by atoms with van der Waals surface area (Å²) in [7, 11) is 0.0875. The van der Waals surface area contributed by atoms with Gasteiger partial charge < -0.3 is 14.2 Å². The largest absolute Gasteiger partial charge is 0.479 e. The average Bonchev–Trinajstić information content (AvgIpc) is 3.50. The van der Waals surface area contributed by atoms with E-state index in [9.17, 15) is 8.42 Å². The van der Waals surface area contributed by atoms with Gasteiger partial charge in [-0.1, -0.05) is 0 Å². The fraction of sp³-hybridized carbons (Fsp3) is 0.381. The fourth-order valence-corrected chi connectivity index (χ4v) is 5.19. The minimum absolute atomic E-state index is 0.108. The van der Waals surface area contributed by atoms with Crippen molar-refractivity contribution in [1.29, 1.82) is 0 Å². The average molecular weight is 548 g/mol. The van der Waals surface area contributed by atoms with Crippen LogP contribution in [0.3, 0.4) is 0 Å². The highest BCUT2D eigenvalue weighted by Crippen LogP contribution is 2.36. The van der Waals surface area contributed by atoms with Crippen LogP contribution in [0.2, 0.25) is 0 Å². The maximum absolute atomic E-state index is 13.5. The van der Waals surface area contributed by atoms with Crippen LogP contribution in [-0.4, -0.2) is 74.7 Å². The van der Waals surface area contributed by atoms with Crippen LogP contribution < -0.4 is 14.2 Å². The molecule has 0 aromatic carbocycles. The molecule has 0 saturated carbocycles. The summed E-state index contributed by atoms with van der Waals surface area (Å²) in [6.07, 6.45) is 3.48. The van der Waals surface area contributed by atoms with E-state index in [4.69, 9.17) is 14.2 Å². The molecule has 0 saturated heterocycles. The van der Waals surface area contributed by atoms with Crippen molar-refractivity contribution in [3.63, 3.8) is 0 Å². The van der Waals surface area contributed by atoms with Gasteiger partial charge in [0, 0.05) is 24.9 Å². The highest BCUT2D eigenvalue weighted by atomic mass is 32.2. The predicted molar refractivity (Wildman–Crippen MR) is 134 cm³/mol. The van der Waals surface area contributed by atoms with E-state index in [1.54, 1.807) is 17.8 Å². The Labute approximate surface area is 217 Å². The van der Waals surface area contributed by atoms with Gasteiger partial charge in [0.25, 0.3) is 0 Å². The monoisotopic (exact) mass is 547 g/mol. The van der Waals surface area contributed by atoms with Crippen LogP contribution in [0.4, 0.5) is 5.95 Å². The van der Waals surface area contributed by atoms with Crippen molar-refractivity contribution in [2.45, 2.75) is 32.1 Å². The Morgan fingerprint density at radius 2 is 1.65 bits per heavy atom. The molecule has 0 radical (unpaired) electrons. The van der Waals surface area contributed by atoms with E-state index in [-0.39, 0.29) is 35.0 Å². The Balaban J connectivity index is 1.82. The van der Waals surface area contributed by atoms with E-state index in [1.807, 2.05) is 13.8 Å². The zero-order valence-electron chi connectivity index (χ0n) is 20.9. The van der Waals surface area contributed by atoms with E-state index in [1.165, 1.54) is 50.5 Å². The quantitative estimate of drug-likeness (QED) is 0.307. The number of ether oxygens (including phenoxy) is 3. The van der Waals surface area contributed by atoms with Crippen molar-refractivity contribution in [3.05, 3.63) is 40.5 Å². The molecule has 0 spiro atoms. The van der Waals surface area contributed by atoms with Crippen LogP contribution in [0.15, 0.2) is 24.1 Å². The van der Waals surface area contributed by atoms with E-state index in [2.05, 4.69) is 39.8 Å². The maximum atomic E-state index is 13.5. The predicted octanol–water partition coefficient (Wildman–Crippen LogP) is 2.12. The van der Waals surface area contributed by atoms with Crippen molar-refractivity contribution in [2.24, 2.45) is 0 Å². The first-order chi connectivity index (χ1) is 17.7. The Hall–Kier alpha value is -3.76. The lowest BCUT2D eigenvalue weighted by atomic mass is 10.2. The molecule has 0 bridgehead atoms. The summed E-state index contributed by atoms with van der Waals surface area (Å²) in [6.45, 7) is 5.15. The summed E-state index contributed by atoms with van der Waals surface area (Å²) in [4.78, 5) is 21.2. The summed E-state index contributed by atoms with van der Waals surface area (Å²) in [5.41, 5.74) is 1.48. The number of rotatable bonds is 10. The topological polar surface area (TPSA) is 169 Å². The van der Waals surface area contributed by atoms with E-state index in [0.717, 1.165) is 10.6 Å². The molecule has 0 aliphatic rings. The maximum Gasteiger partial charge on any atom is 0.245 e. The Bertz CT molecular complexity index is 1470. The van der Waals surface area contributed by atoms with Crippen molar-refractivity contribution >= 4 is 27.3 Å². The van der Waals surface area contributed by atoms with Gasteiger partial charge in [0.2, 0.25) is 27.7 Å². The van der Waals surface area contributed by atoms with Gasteiger partial charge in [-0.2, -0.15) is 9.97 Å². The van der Waals surface area contributed by atoms with Crippen LogP contribution in [0, 0.1) is 13.8 Å². The third kappa shape index (κ3) is 5.21. The smallest absolute Gasteiger partial charge is 0.245 e. The SMILES string of the molecule is COc1ncnc(OC)c1-n1c(NS(=O)(=O)C(C)C(OC)c2ncc(C)cn2)nnc1-c1csc(C)n1. The lowest BCUT2D eigenvalue weighted by Crippen LogP contribution is -2.33. The van der Waals surface area contributed by atoms with Crippen molar-refractivity contribution in [1.82, 2.24) is 39.7 Å². The first-order valence-electron chi connectivity index (χ1n) is 10.8. The summed E-state index contributed by atoms with van der Waals surface area (Å²) in [5, 5.41) is 9.76. The molecular weight excluding hydrogens is 522 g/mol. The van der Waals surface area contributed by atoms with Crippen molar-refractivity contribution < 1.29 is 22.6 Å². The van der Waals surface area contributed by atoms with Crippen LogP contribution in [-0.2, 0) is 14.8 Å². The number of nitrogens with one attached hydrogen (secondary N) is 1. The van der Waals surface area contributed by atoms with E-state index < -0.39 is 21.4 Å². The summed E-state index contributed by atoms with van der Waals surface area (Å²) in [6, 6.07) is 0. The summed E-state index contributed by atoms with van der Waals surface area (Å²) >= 11 is 1.40. The fourth-order valence-electron chi connectivity index (χ4n) is 3.47. The molecule has 14 nitrogen and oxygen atoms in total. The second kappa shape index (κ2) is 10.7. The Morgan fingerprint density at radius 3 is 2.19 bits per heavy atom. The molecule has 2 atom stereocenters. The first-order valence-corrected chi connectivity index (χ1v) is 13.3. The van der Waals surface area contributed by atoms with E-state index >= 15 is 0 Å². The molecule has 37 heavy (non-hydrogen) atoms. The number of aromatic nitrogens is 8. The number of anilines is 1. The van der Waals surface area contributed by atoms with Crippen molar-refractivity contribution in [3.8, 4) is 29.0 Å². The van der Waals surface area contributed by atoms with Crippen LogP contribution in [0.5, 0.6) is 11.8 Å². The molecule has 1 N–H and O–H groups in total.